The number of carbonyl (C=O) groups is 1. The average molecular weight is 400 g/mol. The van der Waals surface area contributed by atoms with E-state index in [1.54, 1.807) is 19.8 Å². The van der Waals surface area contributed by atoms with Crippen molar-refractivity contribution in [3.05, 3.63) is 35.4 Å². The van der Waals surface area contributed by atoms with Crippen LogP contribution in [0.4, 0.5) is 0 Å². The summed E-state index contributed by atoms with van der Waals surface area (Å²) < 4.78 is 16.5. The van der Waals surface area contributed by atoms with E-state index in [0.717, 1.165) is 23.5 Å². The number of ether oxygens (including phenoxy) is 3. The molecule has 1 aromatic carbocycles. The molecule has 5 nitrogen and oxygen atoms in total. The summed E-state index contributed by atoms with van der Waals surface area (Å²) in [7, 11) is 3.27. The Morgan fingerprint density at radius 1 is 1.24 bits per heavy atom. The second kappa shape index (κ2) is 8.02. The molecule has 2 aliphatic carbocycles. The molecule has 3 aliphatic rings. The van der Waals surface area contributed by atoms with Crippen LogP contribution in [0.1, 0.15) is 45.1 Å². The van der Waals surface area contributed by atoms with Crippen molar-refractivity contribution < 1.29 is 19.0 Å². The monoisotopic (exact) mass is 399 g/mol. The fraction of sp³-hybridized carbons (Fsp3) is 0.625. The molecule has 1 heterocycles. The van der Waals surface area contributed by atoms with Crippen LogP contribution in [-0.2, 0) is 16.1 Å². The van der Waals surface area contributed by atoms with E-state index in [0.29, 0.717) is 19.0 Å². The first-order valence-electron chi connectivity index (χ1n) is 10.8. The van der Waals surface area contributed by atoms with E-state index in [1.807, 2.05) is 18.2 Å². The van der Waals surface area contributed by atoms with Crippen molar-refractivity contribution >= 4 is 5.97 Å². The van der Waals surface area contributed by atoms with E-state index in [2.05, 4.69) is 25.2 Å². The topological polar surface area (TPSA) is 56.8 Å². The van der Waals surface area contributed by atoms with Crippen LogP contribution in [0.25, 0.3) is 0 Å². The number of fused-ring (bicyclic) bond motifs is 2. The molecule has 2 fully saturated rings. The van der Waals surface area contributed by atoms with E-state index in [-0.39, 0.29) is 29.3 Å². The van der Waals surface area contributed by atoms with Gasteiger partial charge in [-0.3, -0.25) is 4.79 Å². The van der Waals surface area contributed by atoms with Crippen LogP contribution in [-0.4, -0.2) is 32.8 Å². The first kappa shape index (κ1) is 20.3. The van der Waals surface area contributed by atoms with Gasteiger partial charge in [0.05, 0.1) is 20.1 Å². The molecule has 5 heteroatoms. The molecule has 4 rings (SSSR count). The van der Waals surface area contributed by atoms with Crippen LogP contribution >= 0.6 is 0 Å². The summed E-state index contributed by atoms with van der Waals surface area (Å²) in [4.78, 5) is 12.6. The van der Waals surface area contributed by atoms with Gasteiger partial charge in [-0.2, -0.15) is 0 Å². The highest BCUT2D eigenvalue weighted by Gasteiger charge is 2.51. The largest absolute Gasteiger partial charge is 0.493 e. The lowest BCUT2D eigenvalue weighted by Gasteiger charge is -2.46. The van der Waals surface area contributed by atoms with Gasteiger partial charge in [0.25, 0.3) is 0 Å². The number of hydrogen-bond donors (Lipinski definition) is 1. The first-order chi connectivity index (χ1) is 13.9. The standard InChI is InChI=1S/C24H33NO4/c1-15-6-5-9-24(2)12-22-17(11-19(15)24)18(23(26)29-22)14-25-13-16-7-8-20(27-3)21(10-16)28-4/h7-8,10-11,15,17-18,22,25H,5-6,9,12-14H2,1-4H3/t15-,17+,18-,22-,24+/m1/s1. The normalized spacial score (nSPS) is 33.4. The van der Waals surface area contributed by atoms with E-state index < -0.39 is 0 Å². The summed E-state index contributed by atoms with van der Waals surface area (Å²) in [5.41, 5.74) is 2.87. The Kier molecular flexibility index (Phi) is 5.60. The third-order valence-corrected chi connectivity index (χ3v) is 7.22. The van der Waals surface area contributed by atoms with Gasteiger partial charge in [-0.25, -0.2) is 0 Å². The number of esters is 1. The number of methoxy groups -OCH3 is 2. The van der Waals surface area contributed by atoms with Gasteiger partial charge in [-0.05, 0) is 48.3 Å². The molecule has 0 amide bonds. The van der Waals surface area contributed by atoms with Gasteiger partial charge in [0.15, 0.2) is 11.5 Å². The van der Waals surface area contributed by atoms with E-state index in [1.165, 1.54) is 19.3 Å². The van der Waals surface area contributed by atoms with Gasteiger partial charge in [-0.15, -0.1) is 0 Å². The quantitative estimate of drug-likeness (QED) is 0.576. The maximum Gasteiger partial charge on any atom is 0.311 e. The minimum atomic E-state index is -0.105. The Morgan fingerprint density at radius 3 is 2.79 bits per heavy atom. The van der Waals surface area contributed by atoms with Crippen LogP contribution in [0.2, 0.25) is 0 Å². The van der Waals surface area contributed by atoms with E-state index in [9.17, 15) is 4.79 Å². The van der Waals surface area contributed by atoms with Gasteiger partial charge >= 0.3 is 5.97 Å². The molecule has 1 saturated heterocycles. The van der Waals surface area contributed by atoms with Crippen LogP contribution < -0.4 is 14.8 Å². The molecule has 1 aliphatic heterocycles. The van der Waals surface area contributed by atoms with Gasteiger partial charge in [0.2, 0.25) is 0 Å². The second-order valence-electron chi connectivity index (χ2n) is 9.16. The van der Waals surface area contributed by atoms with Crippen molar-refractivity contribution in [2.45, 2.75) is 52.2 Å². The smallest absolute Gasteiger partial charge is 0.311 e. The lowest BCUT2D eigenvalue weighted by molar-refractivity contribution is -0.145. The SMILES string of the molecule is COc1ccc(CNC[C@H]2C(=O)O[C@@H]3C[C@]4(C)CCC[C@@H](C)C4=C[C@H]32)cc1OC. The predicted octanol–water partition coefficient (Wildman–Crippen LogP) is 4.11. The van der Waals surface area contributed by atoms with Crippen LogP contribution in [0.5, 0.6) is 11.5 Å². The minimum absolute atomic E-state index is 0.0365. The maximum atomic E-state index is 12.6. The van der Waals surface area contributed by atoms with Crippen LogP contribution in [0.3, 0.4) is 0 Å². The van der Waals surface area contributed by atoms with Crippen molar-refractivity contribution in [2.24, 2.45) is 23.2 Å². The highest BCUT2D eigenvalue weighted by molar-refractivity contribution is 5.76. The maximum absolute atomic E-state index is 12.6. The average Bonchev–Trinajstić information content (AvgIpc) is 3.00. The molecule has 29 heavy (non-hydrogen) atoms. The summed E-state index contributed by atoms with van der Waals surface area (Å²) in [6.07, 6.45) is 7.17. The summed E-state index contributed by atoms with van der Waals surface area (Å²) in [6.45, 7) is 6.00. The van der Waals surface area contributed by atoms with Gasteiger partial charge in [-0.1, -0.05) is 38.0 Å². The van der Waals surface area contributed by atoms with Crippen LogP contribution in [0, 0.1) is 23.2 Å². The fourth-order valence-corrected chi connectivity index (χ4v) is 5.64. The summed E-state index contributed by atoms with van der Waals surface area (Å²) in [5.74, 6) is 2.10. The Morgan fingerprint density at radius 2 is 2.03 bits per heavy atom. The highest BCUT2D eigenvalue weighted by atomic mass is 16.6. The molecule has 5 atom stereocenters. The van der Waals surface area contributed by atoms with Crippen molar-refractivity contribution in [2.75, 3.05) is 20.8 Å². The lowest BCUT2D eigenvalue weighted by atomic mass is 9.59. The van der Waals surface area contributed by atoms with Gasteiger partial charge in [0.1, 0.15) is 6.10 Å². The second-order valence-corrected chi connectivity index (χ2v) is 9.16. The predicted molar refractivity (Wildman–Crippen MR) is 112 cm³/mol. The fourth-order valence-electron chi connectivity index (χ4n) is 5.64. The number of rotatable bonds is 6. The number of allylic oxidation sites excluding steroid dienone is 1. The van der Waals surface area contributed by atoms with Gasteiger partial charge < -0.3 is 19.5 Å². The van der Waals surface area contributed by atoms with E-state index >= 15 is 0 Å². The number of hydrogen-bond acceptors (Lipinski definition) is 5. The summed E-state index contributed by atoms with van der Waals surface area (Å²) >= 11 is 0. The number of nitrogens with one attached hydrogen (secondary N) is 1. The van der Waals surface area contributed by atoms with Crippen molar-refractivity contribution in [1.82, 2.24) is 5.32 Å². The van der Waals surface area contributed by atoms with Crippen molar-refractivity contribution in [1.29, 1.82) is 0 Å². The molecular formula is C24H33NO4. The highest BCUT2D eigenvalue weighted by Crippen LogP contribution is 2.53. The Balaban J connectivity index is 1.44. The van der Waals surface area contributed by atoms with Gasteiger partial charge in [0, 0.05) is 19.0 Å². The Labute approximate surface area is 173 Å². The molecule has 0 unspecified atom stereocenters. The zero-order valence-electron chi connectivity index (χ0n) is 18.0. The summed E-state index contributed by atoms with van der Waals surface area (Å²) in [5, 5.41) is 3.46. The minimum Gasteiger partial charge on any atom is -0.493 e. The van der Waals surface area contributed by atoms with Crippen molar-refractivity contribution in [3.63, 3.8) is 0 Å². The third-order valence-electron chi connectivity index (χ3n) is 7.22. The first-order valence-corrected chi connectivity index (χ1v) is 10.8. The molecule has 1 saturated carbocycles. The Bertz CT molecular complexity index is 804. The molecule has 1 N–H and O–H groups in total. The molecule has 0 aromatic heterocycles. The molecule has 0 spiro atoms. The molecule has 0 radical (unpaired) electrons. The Hall–Kier alpha value is -2.01. The van der Waals surface area contributed by atoms with E-state index in [4.69, 9.17) is 14.2 Å². The molecule has 1 aromatic rings. The zero-order valence-corrected chi connectivity index (χ0v) is 18.0. The number of benzene rings is 1. The van der Waals surface area contributed by atoms with Crippen molar-refractivity contribution in [3.8, 4) is 11.5 Å². The third kappa shape index (κ3) is 3.77. The summed E-state index contributed by atoms with van der Waals surface area (Å²) in [6, 6.07) is 5.90. The molecule has 0 bridgehead atoms. The molecular weight excluding hydrogens is 366 g/mol. The number of carbonyl (C=O) groups excluding carboxylic acids is 1. The lowest BCUT2D eigenvalue weighted by Crippen LogP contribution is -2.40. The molecule has 158 valence electrons. The van der Waals surface area contributed by atoms with Crippen LogP contribution in [0.15, 0.2) is 29.8 Å². The zero-order chi connectivity index (χ0) is 20.6.